The Balaban J connectivity index is 0.00000256. The topological polar surface area (TPSA) is 163 Å². The number of rotatable bonds is 2. The van der Waals surface area contributed by atoms with Crippen LogP contribution in [-0.4, -0.2) is 82.1 Å². The maximum Gasteiger partial charge on any atom is 0.386 e. The molecule has 2 radical (unpaired) electrons. The summed E-state index contributed by atoms with van der Waals surface area (Å²) in [5, 5.41) is 39.3. The van der Waals surface area contributed by atoms with Gasteiger partial charge in [0.05, 0.1) is 9.85 Å². The summed E-state index contributed by atoms with van der Waals surface area (Å²) in [6.45, 7) is 0. The van der Waals surface area contributed by atoms with E-state index in [1.54, 1.807) is 0 Å². The van der Waals surface area contributed by atoms with E-state index in [9.17, 15) is 30.4 Å². The van der Waals surface area contributed by atoms with Gasteiger partial charge in [0.2, 0.25) is 11.9 Å². The zero-order chi connectivity index (χ0) is 12.5. The standard InChI is InChI=1S/C6H4N4O6.Sr/c7-8-2-1-3(9(13)14)4(10(15)16)6(12)5(2)11;/h1,5,11-12H;. The molecule has 0 saturated heterocycles. The van der Waals surface area contributed by atoms with Crippen LogP contribution >= 0.6 is 0 Å². The maximum atomic E-state index is 10.5. The van der Waals surface area contributed by atoms with Crippen LogP contribution in [0.2, 0.25) is 0 Å². The molecule has 0 aromatic heterocycles. The first-order chi connectivity index (χ1) is 7.40. The largest absolute Gasteiger partial charge is 0.503 e. The summed E-state index contributed by atoms with van der Waals surface area (Å²) < 4.78 is 0. The Morgan fingerprint density at radius 2 is 1.88 bits per heavy atom. The predicted octanol–water partition coefficient (Wildman–Crippen LogP) is -1.14. The van der Waals surface area contributed by atoms with Crippen LogP contribution in [0.15, 0.2) is 23.2 Å². The molecule has 0 amide bonds. The third-order valence-electron chi connectivity index (χ3n) is 1.80. The first-order valence-electron chi connectivity index (χ1n) is 3.74. The van der Waals surface area contributed by atoms with Crippen LogP contribution in [0.4, 0.5) is 0 Å². The minimum absolute atomic E-state index is 0. The number of nitro groups is 2. The summed E-state index contributed by atoms with van der Waals surface area (Å²) in [6, 6.07) is 0. The van der Waals surface area contributed by atoms with Gasteiger partial charge in [0.25, 0.3) is 0 Å². The number of nitrogens with zero attached hydrogens (tertiary/aromatic N) is 4. The van der Waals surface area contributed by atoms with Crippen molar-refractivity contribution in [3.05, 3.63) is 49.0 Å². The van der Waals surface area contributed by atoms with Gasteiger partial charge in [-0.25, -0.2) is 0 Å². The molecule has 0 bridgehead atoms. The molecule has 0 heterocycles. The van der Waals surface area contributed by atoms with Crippen LogP contribution in [0.3, 0.4) is 0 Å². The number of aliphatic hydroxyl groups excluding tert-OH is 2. The van der Waals surface area contributed by atoms with Crippen molar-refractivity contribution in [2.45, 2.75) is 6.10 Å². The van der Waals surface area contributed by atoms with Crippen molar-refractivity contribution in [1.82, 2.24) is 0 Å². The van der Waals surface area contributed by atoms with Crippen LogP contribution in [0.1, 0.15) is 0 Å². The van der Waals surface area contributed by atoms with Crippen LogP contribution < -0.4 is 0 Å². The fourth-order valence-corrected chi connectivity index (χ4v) is 1.10. The van der Waals surface area contributed by atoms with E-state index in [2.05, 4.69) is 4.79 Å². The van der Waals surface area contributed by atoms with Gasteiger partial charge >= 0.3 is 17.1 Å². The first kappa shape index (κ1) is 15.9. The van der Waals surface area contributed by atoms with Gasteiger partial charge in [-0.1, -0.05) is 0 Å². The second-order valence-electron chi connectivity index (χ2n) is 2.71. The number of hydrogen-bond acceptors (Lipinski definition) is 6. The molecular formula is C6H4N4O6Sr. The Morgan fingerprint density at radius 1 is 1.35 bits per heavy atom. The summed E-state index contributed by atoms with van der Waals surface area (Å²) in [5.41, 5.74) is 5.40. The Hall–Kier alpha value is -1.10. The van der Waals surface area contributed by atoms with Crippen LogP contribution in [-0.2, 0) is 0 Å². The average Bonchev–Trinajstić information content (AvgIpc) is 2.20. The average molecular weight is 316 g/mol. The van der Waals surface area contributed by atoms with Crippen molar-refractivity contribution in [3.8, 4) is 0 Å². The minimum atomic E-state index is -1.96. The summed E-state index contributed by atoms with van der Waals surface area (Å²) in [6.07, 6.45) is -1.46. The molecule has 17 heavy (non-hydrogen) atoms. The summed E-state index contributed by atoms with van der Waals surface area (Å²) in [5.74, 6) is -1.24. The van der Waals surface area contributed by atoms with E-state index >= 15 is 0 Å². The summed E-state index contributed by atoms with van der Waals surface area (Å²) >= 11 is 0. The maximum absolute atomic E-state index is 10.5. The normalized spacial score (nSPS) is 19.0. The predicted molar refractivity (Wildman–Crippen MR) is 52.1 cm³/mol. The van der Waals surface area contributed by atoms with Crippen molar-refractivity contribution in [3.63, 3.8) is 0 Å². The minimum Gasteiger partial charge on any atom is -0.503 e. The van der Waals surface area contributed by atoms with Crippen molar-refractivity contribution in [2.24, 2.45) is 0 Å². The van der Waals surface area contributed by atoms with Gasteiger partial charge in [-0.2, -0.15) is 4.79 Å². The molecule has 0 aliphatic heterocycles. The summed E-state index contributed by atoms with van der Waals surface area (Å²) in [7, 11) is 0. The molecule has 1 aliphatic rings. The van der Waals surface area contributed by atoms with Gasteiger partial charge in [-0.3, -0.25) is 20.2 Å². The molecule has 0 fully saturated rings. The second kappa shape index (κ2) is 6.00. The van der Waals surface area contributed by atoms with E-state index in [4.69, 9.17) is 5.53 Å². The van der Waals surface area contributed by atoms with E-state index in [1.807, 2.05) is 0 Å². The first-order valence-corrected chi connectivity index (χ1v) is 3.74. The fourth-order valence-electron chi connectivity index (χ4n) is 1.10. The molecular weight excluding hydrogens is 312 g/mol. The zero-order valence-corrected chi connectivity index (χ0v) is 11.7. The van der Waals surface area contributed by atoms with Gasteiger partial charge in [-0.15, -0.1) is 0 Å². The molecule has 0 aromatic rings. The van der Waals surface area contributed by atoms with Crippen molar-refractivity contribution >= 4 is 51.2 Å². The Labute approximate surface area is 130 Å². The molecule has 1 unspecified atom stereocenters. The number of hydrogen-bond donors (Lipinski definition) is 2. The van der Waals surface area contributed by atoms with Crippen LogP contribution in [0.5, 0.6) is 0 Å². The van der Waals surface area contributed by atoms with Gasteiger partial charge in [-0.05, 0) is 0 Å². The molecule has 1 aliphatic carbocycles. The van der Waals surface area contributed by atoms with Gasteiger partial charge in [0.15, 0.2) is 0 Å². The van der Waals surface area contributed by atoms with E-state index in [0.717, 1.165) is 0 Å². The fraction of sp³-hybridized carbons (Fsp3) is 0.167. The molecule has 10 nitrogen and oxygen atoms in total. The van der Waals surface area contributed by atoms with Crippen molar-refractivity contribution < 1.29 is 24.8 Å². The van der Waals surface area contributed by atoms with Gasteiger partial charge in [0.1, 0.15) is 6.08 Å². The SMILES string of the molecule is [N-]=[N+]=C1C=C([N+](=O)[O-])C([N+](=O)[O-])=C(O)C1O.[Sr]. The van der Waals surface area contributed by atoms with Crippen molar-refractivity contribution in [2.75, 3.05) is 0 Å². The molecule has 0 saturated carbocycles. The van der Waals surface area contributed by atoms with E-state index in [0.29, 0.717) is 6.08 Å². The monoisotopic (exact) mass is 316 g/mol. The Bertz CT molecular complexity index is 491. The smallest absolute Gasteiger partial charge is 0.386 e. The van der Waals surface area contributed by atoms with Gasteiger partial charge in [0, 0.05) is 45.5 Å². The third kappa shape index (κ3) is 2.97. The van der Waals surface area contributed by atoms with E-state index in [1.165, 1.54) is 0 Å². The summed E-state index contributed by atoms with van der Waals surface area (Å²) in [4.78, 5) is 21.0. The van der Waals surface area contributed by atoms with Gasteiger partial charge < -0.3 is 15.7 Å². The Morgan fingerprint density at radius 3 is 2.24 bits per heavy atom. The molecule has 2 N–H and O–H groups in total. The molecule has 0 spiro atoms. The van der Waals surface area contributed by atoms with Crippen LogP contribution in [0, 0.1) is 20.2 Å². The molecule has 0 aromatic carbocycles. The van der Waals surface area contributed by atoms with Crippen LogP contribution in [0.25, 0.3) is 5.53 Å². The molecule has 1 atom stereocenters. The van der Waals surface area contributed by atoms with Crippen molar-refractivity contribution in [1.29, 1.82) is 0 Å². The zero-order valence-electron chi connectivity index (χ0n) is 8.18. The third-order valence-corrected chi connectivity index (χ3v) is 1.80. The second-order valence-corrected chi connectivity index (χ2v) is 2.71. The van der Waals surface area contributed by atoms with E-state index in [-0.39, 0.29) is 45.5 Å². The molecule has 86 valence electrons. The quantitative estimate of drug-likeness (QED) is 0.215. The molecule has 1 rings (SSSR count). The Kier molecular flexibility index (Phi) is 5.61. The van der Waals surface area contributed by atoms with E-state index < -0.39 is 38.8 Å². The molecule has 11 heteroatoms. The number of aliphatic hydroxyl groups is 2.